The first kappa shape index (κ1) is 24.4. The first-order valence-corrected chi connectivity index (χ1v) is 11.0. The Labute approximate surface area is 196 Å². The molecule has 0 saturated carbocycles. The fourth-order valence-corrected chi connectivity index (χ4v) is 4.33. The second-order valence-corrected chi connectivity index (χ2v) is 7.59. The summed E-state index contributed by atoms with van der Waals surface area (Å²) < 4.78 is 1.07. The molecular weight excluding hydrogens is 406 g/mol. The molecule has 1 nitrogen and oxygen atoms in total. The van der Waals surface area contributed by atoms with Gasteiger partial charge in [0.25, 0.3) is 0 Å². The molecule has 0 amide bonds. The Balaban J connectivity index is 3.14. The second kappa shape index (κ2) is 12.7. The van der Waals surface area contributed by atoms with Crippen LogP contribution in [0.4, 0.5) is 5.69 Å². The highest BCUT2D eigenvalue weighted by Gasteiger charge is 2.17. The molecule has 0 atom stereocenters. The molecule has 0 aliphatic rings. The van der Waals surface area contributed by atoms with E-state index in [1.807, 2.05) is 60.7 Å². The zero-order valence-electron chi connectivity index (χ0n) is 18.4. The van der Waals surface area contributed by atoms with E-state index in [9.17, 15) is 0 Å². The van der Waals surface area contributed by atoms with Crippen LogP contribution >= 0.6 is 11.3 Å². The van der Waals surface area contributed by atoms with E-state index in [1.165, 1.54) is 0 Å². The minimum absolute atomic E-state index is 0.926. The van der Waals surface area contributed by atoms with E-state index in [0.29, 0.717) is 0 Å². The molecule has 0 bridgehead atoms. The molecule has 1 aromatic carbocycles. The van der Waals surface area contributed by atoms with E-state index in [4.69, 9.17) is 0 Å². The maximum atomic E-state index is 4.18. The third-order valence-electron chi connectivity index (χ3n) is 4.51. The van der Waals surface area contributed by atoms with Crippen LogP contribution in [-0.4, -0.2) is 0 Å². The van der Waals surface area contributed by atoms with Gasteiger partial charge in [0.15, 0.2) is 0 Å². The van der Waals surface area contributed by atoms with Crippen molar-refractivity contribution in [1.82, 2.24) is 0 Å². The van der Waals surface area contributed by atoms with Gasteiger partial charge in [-0.25, -0.2) is 0 Å². The van der Waals surface area contributed by atoms with Crippen LogP contribution in [0.3, 0.4) is 0 Å². The van der Waals surface area contributed by atoms with Crippen LogP contribution in [0.25, 0.3) is 23.9 Å². The first-order chi connectivity index (χ1) is 15.7. The molecule has 1 aromatic heterocycles. The summed E-state index contributed by atoms with van der Waals surface area (Å²) in [6.45, 7) is 23.7. The largest absolute Gasteiger partial charge is 0.310 e. The van der Waals surface area contributed by atoms with Crippen molar-refractivity contribution < 1.29 is 0 Å². The average Bonchev–Trinajstić information content (AvgIpc) is 3.16. The topological polar surface area (TPSA) is 3.24 Å². The molecule has 160 valence electrons. The highest BCUT2D eigenvalue weighted by atomic mass is 32.1. The Morgan fingerprint density at radius 3 is 2.12 bits per heavy atom. The third kappa shape index (κ3) is 5.63. The van der Waals surface area contributed by atoms with Crippen LogP contribution in [-0.2, 0) is 0 Å². The fraction of sp³-hybridized carbons (Fsp3) is 0. The Morgan fingerprint density at radius 1 is 0.844 bits per heavy atom. The number of hydrogen-bond donors (Lipinski definition) is 0. The van der Waals surface area contributed by atoms with Gasteiger partial charge >= 0.3 is 0 Å². The van der Waals surface area contributed by atoms with Crippen molar-refractivity contribution in [1.29, 1.82) is 0 Å². The van der Waals surface area contributed by atoms with E-state index in [2.05, 4.69) is 62.6 Å². The summed E-state index contributed by atoms with van der Waals surface area (Å²) in [5.41, 5.74) is 3.91. The number of hydrogen-bond acceptors (Lipinski definition) is 2. The maximum absolute atomic E-state index is 4.18. The van der Waals surface area contributed by atoms with Gasteiger partial charge in [-0.3, -0.25) is 0 Å². The average molecular weight is 436 g/mol. The molecular formula is C30H29NS. The van der Waals surface area contributed by atoms with Crippen molar-refractivity contribution in [3.8, 4) is 0 Å². The second-order valence-electron chi connectivity index (χ2n) is 6.50. The van der Waals surface area contributed by atoms with E-state index in [1.54, 1.807) is 35.6 Å². The molecule has 2 aromatic rings. The lowest BCUT2D eigenvalue weighted by molar-refractivity contribution is 1.22. The van der Waals surface area contributed by atoms with Gasteiger partial charge in [0, 0.05) is 31.6 Å². The Kier molecular flexibility index (Phi) is 9.70. The van der Waals surface area contributed by atoms with Crippen LogP contribution < -0.4 is 14.7 Å². The lowest BCUT2D eigenvalue weighted by Gasteiger charge is -2.27. The molecule has 0 saturated heterocycles. The molecule has 1 heterocycles. The standard InChI is InChI=1S/C30H29NS/c1-7-13-20-24(18-9-3)31(25-21-16-15-17-22-25)27(11-5)30-26(23-14-8-2)28(12-6)32-29(30)19-10-4/h7-23H,1-6H2/b20-13-,23-14-,24-18+,29-19+,30-27+. The zero-order valence-corrected chi connectivity index (χ0v) is 19.2. The van der Waals surface area contributed by atoms with Crippen LogP contribution in [0.1, 0.15) is 10.4 Å². The molecule has 0 fully saturated rings. The number of para-hydroxylation sites is 1. The Bertz CT molecular complexity index is 1210. The maximum Gasteiger partial charge on any atom is 0.0548 e. The normalized spacial score (nSPS) is 13.1. The Hall–Kier alpha value is -3.88. The van der Waals surface area contributed by atoms with Crippen molar-refractivity contribution in [3.05, 3.63) is 150 Å². The third-order valence-corrected chi connectivity index (χ3v) is 5.68. The van der Waals surface area contributed by atoms with Gasteiger partial charge in [-0.1, -0.05) is 106 Å². The molecule has 0 radical (unpaired) electrons. The van der Waals surface area contributed by atoms with Crippen LogP contribution in [0.15, 0.2) is 130 Å². The summed E-state index contributed by atoms with van der Waals surface area (Å²) in [6, 6.07) is 10.2. The number of anilines is 1. The van der Waals surface area contributed by atoms with Gasteiger partial charge in [-0.2, -0.15) is 0 Å². The summed E-state index contributed by atoms with van der Waals surface area (Å²) in [5, 5.41) is 1.05. The summed E-state index contributed by atoms with van der Waals surface area (Å²) in [4.78, 5) is 3.23. The molecule has 0 aliphatic heterocycles. The predicted molar refractivity (Wildman–Crippen MR) is 148 cm³/mol. The van der Waals surface area contributed by atoms with Gasteiger partial charge in [0.2, 0.25) is 0 Å². The number of nitrogens with zero attached hydrogens (tertiary/aromatic N) is 1. The highest BCUT2D eigenvalue weighted by Crippen LogP contribution is 2.27. The van der Waals surface area contributed by atoms with Gasteiger partial charge in [-0.15, -0.1) is 11.3 Å². The van der Waals surface area contributed by atoms with Crippen molar-refractivity contribution >= 4 is 40.9 Å². The molecule has 0 N–H and O–H groups in total. The van der Waals surface area contributed by atoms with Crippen molar-refractivity contribution in [2.45, 2.75) is 0 Å². The lowest BCUT2D eigenvalue weighted by atomic mass is 10.1. The number of rotatable bonds is 11. The monoisotopic (exact) mass is 435 g/mol. The van der Waals surface area contributed by atoms with Crippen molar-refractivity contribution in [2.24, 2.45) is 0 Å². The highest BCUT2D eigenvalue weighted by molar-refractivity contribution is 7.11. The van der Waals surface area contributed by atoms with Crippen molar-refractivity contribution in [2.75, 3.05) is 4.90 Å². The molecule has 2 rings (SSSR count). The quantitative estimate of drug-likeness (QED) is 0.338. The number of allylic oxidation sites excluding steroid dienone is 8. The van der Waals surface area contributed by atoms with Gasteiger partial charge < -0.3 is 4.90 Å². The van der Waals surface area contributed by atoms with E-state index in [0.717, 1.165) is 37.3 Å². The van der Waals surface area contributed by atoms with Gasteiger partial charge in [0.05, 0.1) is 5.70 Å². The zero-order chi connectivity index (χ0) is 23.3. The summed E-state index contributed by atoms with van der Waals surface area (Å²) in [7, 11) is 0. The fourth-order valence-electron chi connectivity index (χ4n) is 3.25. The minimum atomic E-state index is 0.926. The first-order valence-electron chi connectivity index (χ1n) is 10.2. The van der Waals surface area contributed by atoms with Gasteiger partial charge in [0.1, 0.15) is 0 Å². The molecule has 32 heavy (non-hydrogen) atoms. The van der Waals surface area contributed by atoms with Gasteiger partial charge in [-0.05, 0) is 36.4 Å². The molecule has 0 spiro atoms. The van der Waals surface area contributed by atoms with E-state index in [-0.39, 0.29) is 0 Å². The molecule has 2 heteroatoms. The van der Waals surface area contributed by atoms with Crippen LogP contribution in [0.5, 0.6) is 0 Å². The van der Waals surface area contributed by atoms with Crippen LogP contribution in [0.2, 0.25) is 0 Å². The SMILES string of the molecule is C=C/C=C\C(=C/C=C)N(/C(C=C)=c1\c(/C=C\C=C)c(C=C)s\c1=C\C=C)c1ccccc1. The van der Waals surface area contributed by atoms with Crippen LogP contribution in [0, 0.1) is 0 Å². The summed E-state index contributed by atoms with van der Waals surface area (Å²) in [6.07, 6.45) is 22.7. The molecule has 0 unspecified atom stereocenters. The summed E-state index contributed by atoms with van der Waals surface area (Å²) >= 11 is 1.66. The predicted octanol–water partition coefficient (Wildman–Crippen LogP) is 7.17. The van der Waals surface area contributed by atoms with E-state index < -0.39 is 0 Å². The minimum Gasteiger partial charge on any atom is -0.310 e. The van der Waals surface area contributed by atoms with E-state index >= 15 is 0 Å². The summed E-state index contributed by atoms with van der Waals surface area (Å²) in [5.74, 6) is 0. The lowest BCUT2D eigenvalue weighted by Crippen LogP contribution is -2.32. The number of benzene rings is 1. The molecule has 0 aliphatic carbocycles. The smallest absolute Gasteiger partial charge is 0.0548 e. The Morgan fingerprint density at radius 2 is 1.56 bits per heavy atom. The number of thiophene rings is 1. The van der Waals surface area contributed by atoms with Crippen molar-refractivity contribution in [3.63, 3.8) is 0 Å².